The Hall–Kier alpha value is -1.78. The van der Waals surface area contributed by atoms with E-state index in [-0.39, 0.29) is 13.2 Å². The second-order valence-corrected chi connectivity index (χ2v) is 5.02. The lowest BCUT2D eigenvalue weighted by atomic mass is 9.77. The third-order valence-electron chi connectivity index (χ3n) is 3.74. The Morgan fingerprint density at radius 3 is 2.65 bits per heavy atom. The average Bonchev–Trinajstić information content (AvgIpc) is 3.01. The van der Waals surface area contributed by atoms with Crippen LogP contribution in [0.3, 0.4) is 0 Å². The summed E-state index contributed by atoms with van der Waals surface area (Å²) in [7, 11) is 1.64. The molecule has 0 bridgehead atoms. The van der Waals surface area contributed by atoms with Crippen LogP contribution in [0.15, 0.2) is 42.6 Å². The zero-order valence-corrected chi connectivity index (χ0v) is 11.7. The molecule has 4 nitrogen and oxygen atoms in total. The van der Waals surface area contributed by atoms with Crippen molar-refractivity contribution in [2.24, 2.45) is 0 Å². The maximum Gasteiger partial charge on any atom is 0.119 e. The van der Waals surface area contributed by atoms with Crippen molar-refractivity contribution in [3.05, 3.63) is 53.9 Å². The Balaban J connectivity index is 2.32. The summed E-state index contributed by atoms with van der Waals surface area (Å²) in [6.07, 6.45) is 2.98. The fourth-order valence-corrected chi connectivity index (χ4v) is 2.59. The van der Waals surface area contributed by atoms with Gasteiger partial charge in [-0.2, -0.15) is 0 Å². The number of aromatic nitrogens is 1. The first-order chi connectivity index (χ1) is 9.74. The molecule has 0 amide bonds. The van der Waals surface area contributed by atoms with Crippen LogP contribution in [0.4, 0.5) is 0 Å². The number of aliphatic hydroxyl groups is 2. The van der Waals surface area contributed by atoms with Gasteiger partial charge in [0.05, 0.1) is 13.7 Å². The van der Waals surface area contributed by atoms with Crippen LogP contribution < -0.4 is 4.74 Å². The summed E-state index contributed by atoms with van der Waals surface area (Å²) in [5, 5.41) is 19.3. The summed E-state index contributed by atoms with van der Waals surface area (Å²) in [4.78, 5) is 3.16. The van der Waals surface area contributed by atoms with Crippen molar-refractivity contribution in [3.8, 4) is 5.75 Å². The number of nitrogens with one attached hydrogen (secondary N) is 1. The van der Waals surface area contributed by atoms with Gasteiger partial charge < -0.3 is 19.9 Å². The van der Waals surface area contributed by atoms with Crippen LogP contribution in [0.1, 0.15) is 17.7 Å². The highest BCUT2D eigenvalue weighted by Crippen LogP contribution is 2.31. The van der Waals surface area contributed by atoms with Crippen LogP contribution in [0.5, 0.6) is 5.75 Å². The predicted octanol–water partition coefficient (Wildman–Crippen LogP) is 1.88. The molecule has 2 rings (SSSR count). The standard InChI is InChI=1S/C16H21NO3/c1-20-14-5-2-4-13(10-14)11-16(12-19,7-9-18)15-6-3-8-17-15/h2-6,8,10,17-19H,7,9,11-12H2,1H3. The van der Waals surface area contributed by atoms with Gasteiger partial charge in [-0.3, -0.25) is 0 Å². The lowest BCUT2D eigenvalue weighted by Crippen LogP contribution is -2.35. The molecule has 1 unspecified atom stereocenters. The molecule has 0 saturated heterocycles. The van der Waals surface area contributed by atoms with Gasteiger partial charge in [-0.1, -0.05) is 12.1 Å². The van der Waals surface area contributed by atoms with Gasteiger partial charge in [0.15, 0.2) is 0 Å². The molecule has 3 N–H and O–H groups in total. The minimum absolute atomic E-state index is 0.0225. The maximum absolute atomic E-state index is 9.90. The van der Waals surface area contributed by atoms with Crippen molar-refractivity contribution in [2.45, 2.75) is 18.3 Å². The molecule has 0 aliphatic heterocycles. The smallest absolute Gasteiger partial charge is 0.119 e. The van der Waals surface area contributed by atoms with Crippen LogP contribution in [0, 0.1) is 0 Å². The molecule has 1 aromatic heterocycles. The number of hydrogen-bond acceptors (Lipinski definition) is 3. The minimum Gasteiger partial charge on any atom is -0.497 e. The zero-order valence-electron chi connectivity index (χ0n) is 11.7. The van der Waals surface area contributed by atoms with Crippen molar-refractivity contribution in [1.29, 1.82) is 0 Å². The van der Waals surface area contributed by atoms with E-state index < -0.39 is 5.41 Å². The van der Waals surface area contributed by atoms with E-state index in [2.05, 4.69) is 4.98 Å². The Kier molecular flexibility index (Phi) is 4.82. The van der Waals surface area contributed by atoms with Crippen molar-refractivity contribution in [1.82, 2.24) is 4.98 Å². The third kappa shape index (κ3) is 3.03. The van der Waals surface area contributed by atoms with E-state index in [4.69, 9.17) is 4.74 Å². The van der Waals surface area contributed by atoms with Crippen molar-refractivity contribution in [2.75, 3.05) is 20.3 Å². The summed E-state index contributed by atoms with van der Waals surface area (Å²) in [6.45, 7) is 0.00876. The number of methoxy groups -OCH3 is 1. The maximum atomic E-state index is 9.90. The number of rotatable bonds is 7. The molecule has 0 spiro atoms. The van der Waals surface area contributed by atoms with Gasteiger partial charge in [0.25, 0.3) is 0 Å². The largest absolute Gasteiger partial charge is 0.497 e. The molecule has 20 heavy (non-hydrogen) atoms. The quantitative estimate of drug-likeness (QED) is 0.723. The van der Waals surface area contributed by atoms with E-state index in [0.29, 0.717) is 12.8 Å². The van der Waals surface area contributed by atoms with Crippen LogP contribution in [0.2, 0.25) is 0 Å². The van der Waals surface area contributed by atoms with Crippen LogP contribution in [-0.4, -0.2) is 35.5 Å². The van der Waals surface area contributed by atoms with E-state index in [9.17, 15) is 10.2 Å². The summed E-state index contributed by atoms with van der Waals surface area (Å²) in [6, 6.07) is 11.7. The average molecular weight is 275 g/mol. The molecule has 2 aromatic rings. The molecule has 0 fully saturated rings. The summed E-state index contributed by atoms with van der Waals surface area (Å²) < 4.78 is 5.23. The highest BCUT2D eigenvalue weighted by molar-refractivity contribution is 5.32. The number of ether oxygens (including phenoxy) is 1. The minimum atomic E-state index is -0.495. The van der Waals surface area contributed by atoms with Gasteiger partial charge in [0.2, 0.25) is 0 Å². The van der Waals surface area contributed by atoms with E-state index in [1.165, 1.54) is 0 Å². The Labute approximate surface area is 119 Å². The topological polar surface area (TPSA) is 65.5 Å². The summed E-state index contributed by atoms with van der Waals surface area (Å²) in [5.74, 6) is 0.796. The third-order valence-corrected chi connectivity index (χ3v) is 3.74. The first-order valence-electron chi connectivity index (χ1n) is 6.72. The summed E-state index contributed by atoms with van der Waals surface area (Å²) >= 11 is 0. The monoisotopic (exact) mass is 275 g/mol. The SMILES string of the molecule is COc1cccc(CC(CO)(CCO)c2ccc[nH]2)c1. The van der Waals surface area contributed by atoms with Gasteiger partial charge >= 0.3 is 0 Å². The highest BCUT2D eigenvalue weighted by Gasteiger charge is 2.32. The van der Waals surface area contributed by atoms with E-state index in [1.54, 1.807) is 7.11 Å². The summed E-state index contributed by atoms with van der Waals surface area (Å²) in [5.41, 5.74) is 1.52. The first kappa shape index (κ1) is 14.6. The lowest BCUT2D eigenvalue weighted by Gasteiger charge is -2.31. The Bertz CT molecular complexity index is 524. The number of aromatic amines is 1. The lowest BCUT2D eigenvalue weighted by molar-refractivity contribution is 0.148. The molecular formula is C16H21NO3. The van der Waals surface area contributed by atoms with Crippen LogP contribution in [-0.2, 0) is 11.8 Å². The van der Waals surface area contributed by atoms with Gasteiger partial charge in [-0.05, 0) is 42.7 Å². The molecule has 1 heterocycles. The predicted molar refractivity (Wildman–Crippen MR) is 78.0 cm³/mol. The molecule has 108 valence electrons. The van der Waals surface area contributed by atoms with E-state index in [1.807, 2.05) is 42.6 Å². The second-order valence-electron chi connectivity index (χ2n) is 5.02. The van der Waals surface area contributed by atoms with Crippen LogP contribution in [0.25, 0.3) is 0 Å². The number of H-pyrrole nitrogens is 1. The van der Waals surface area contributed by atoms with E-state index in [0.717, 1.165) is 17.0 Å². The Morgan fingerprint density at radius 2 is 2.05 bits per heavy atom. The fraction of sp³-hybridized carbons (Fsp3) is 0.375. The molecule has 4 heteroatoms. The normalized spacial score (nSPS) is 13.9. The molecular weight excluding hydrogens is 254 g/mol. The molecule has 0 aliphatic carbocycles. The molecule has 0 aliphatic rings. The fourth-order valence-electron chi connectivity index (χ4n) is 2.59. The molecule has 0 radical (unpaired) electrons. The number of hydrogen-bond donors (Lipinski definition) is 3. The van der Waals surface area contributed by atoms with Gasteiger partial charge in [-0.25, -0.2) is 0 Å². The molecule has 1 aromatic carbocycles. The van der Waals surface area contributed by atoms with Crippen LogP contribution >= 0.6 is 0 Å². The molecule has 1 atom stereocenters. The van der Waals surface area contributed by atoms with Crippen molar-refractivity contribution >= 4 is 0 Å². The number of benzene rings is 1. The highest BCUT2D eigenvalue weighted by atomic mass is 16.5. The second kappa shape index (κ2) is 6.59. The first-order valence-corrected chi connectivity index (χ1v) is 6.72. The van der Waals surface area contributed by atoms with E-state index >= 15 is 0 Å². The van der Waals surface area contributed by atoms with Crippen molar-refractivity contribution in [3.63, 3.8) is 0 Å². The number of aliphatic hydroxyl groups excluding tert-OH is 2. The molecule has 0 saturated carbocycles. The zero-order chi connectivity index (χ0) is 14.4. The Morgan fingerprint density at radius 1 is 1.20 bits per heavy atom. The van der Waals surface area contributed by atoms with Gasteiger partial charge in [0.1, 0.15) is 5.75 Å². The van der Waals surface area contributed by atoms with Gasteiger partial charge in [0, 0.05) is 23.9 Å². The van der Waals surface area contributed by atoms with Crippen molar-refractivity contribution < 1.29 is 14.9 Å². The van der Waals surface area contributed by atoms with Gasteiger partial charge in [-0.15, -0.1) is 0 Å².